The molecule has 0 N–H and O–H groups in total. The fourth-order valence-electron chi connectivity index (χ4n) is 1.93. The standard InChI is InChI=1S/C9H17NOSi/c1-2-12-9(6-7-10)5-3-4-8-11-9/h2-6,8,12H2,1H3. The van der Waals surface area contributed by atoms with Crippen molar-refractivity contribution in [1.29, 1.82) is 5.26 Å². The molecule has 1 aliphatic rings. The lowest BCUT2D eigenvalue weighted by atomic mass is 10.1. The Balaban J connectivity index is 2.51. The summed E-state index contributed by atoms with van der Waals surface area (Å²) in [5.41, 5.74) is 0. The molecule has 0 amide bonds. The SMILES string of the molecule is CC[SiH2]C1(CC#N)CCCCO1. The zero-order chi connectivity index (χ0) is 8.86. The van der Waals surface area contributed by atoms with E-state index in [-0.39, 0.29) is 14.7 Å². The molecule has 0 aliphatic carbocycles. The van der Waals surface area contributed by atoms with Crippen LogP contribution in [0.3, 0.4) is 0 Å². The van der Waals surface area contributed by atoms with E-state index in [1.54, 1.807) is 0 Å². The molecule has 3 heteroatoms. The van der Waals surface area contributed by atoms with Gasteiger partial charge in [0.1, 0.15) is 0 Å². The normalized spacial score (nSPS) is 30.7. The Bertz CT molecular complexity index is 164. The quantitative estimate of drug-likeness (QED) is 0.620. The van der Waals surface area contributed by atoms with Gasteiger partial charge >= 0.3 is 0 Å². The minimum absolute atomic E-state index is 0.0573. The van der Waals surface area contributed by atoms with Crippen LogP contribution in [0.2, 0.25) is 6.04 Å². The van der Waals surface area contributed by atoms with Crippen LogP contribution >= 0.6 is 0 Å². The van der Waals surface area contributed by atoms with Gasteiger partial charge in [-0.15, -0.1) is 0 Å². The maximum Gasteiger partial charge on any atom is 0.0648 e. The highest BCUT2D eigenvalue weighted by Gasteiger charge is 2.31. The number of nitrogens with zero attached hydrogens (tertiary/aromatic N) is 1. The molecule has 0 spiro atoms. The van der Waals surface area contributed by atoms with Crippen LogP contribution in [0.15, 0.2) is 0 Å². The van der Waals surface area contributed by atoms with Crippen LogP contribution in [0.25, 0.3) is 0 Å². The summed E-state index contributed by atoms with van der Waals surface area (Å²) in [7, 11) is -0.187. The van der Waals surface area contributed by atoms with E-state index >= 15 is 0 Å². The molecule has 12 heavy (non-hydrogen) atoms. The van der Waals surface area contributed by atoms with Crippen molar-refractivity contribution in [3.63, 3.8) is 0 Å². The average molecular weight is 183 g/mol. The first kappa shape index (κ1) is 9.75. The fourth-order valence-corrected chi connectivity index (χ4v) is 3.92. The average Bonchev–Trinajstić information content (AvgIpc) is 2.07. The van der Waals surface area contributed by atoms with Crippen LogP contribution in [0.5, 0.6) is 0 Å². The molecule has 0 aromatic heterocycles. The third kappa shape index (κ3) is 2.33. The van der Waals surface area contributed by atoms with E-state index in [0.29, 0.717) is 6.42 Å². The molecule has 1 unspecified atom stereocenters. The predicted octanol–water partition coefficient (Wildman–Crippen LogP) is 1.40. The summed E-state index contributed by atoms with van der Waals surface area (Å²) in [5, 5.41) is 8.76. The highest BCUT2D eigenvalue weighted by molar-refractivity contribution is 6.39. The summed E-state index contributed by atoms with van der Waals surface area (Å²) in [6, 6.07) is 3.52. The van der Waals surface area contributed by atoms with E-state index in [2.05, 4.69) is 13.0 Å². The Hall–Kier alpha value is -0.333. The van der Waals surface area contributed by atoms with Crippen molar-refractivity contribution >= 4 is 9.52 Å². The Kier molecular flexibility index (Phi) is 3.77. The van der Waals surface area contributed by atoms with Gasteiger partial charge in [-0.1, -0.05) is 13.0 Å². The largest absolute Gasteiger partial charge is 0.378 e. The number of rotatable bonds is 3. The second-order valence-electron chi connectivity index (χ2n) is 3.57. The summed E-state index contributed by atoms with van der Waals surface area (Å²) in [5.74, 6) is 0. The Morgan fingerprint density at radius 1 is 1.58 bits per heavy atom. The second kappa shape index (κ2) is 4.63. The van der Waals surface area contributed by atoms with E-state index in [1.165, 1.54) is 18.9 Å². The van der Waals surface area contributed by atoms with E-state index in [0.717, 1.165) is 13.0 Å². The molecule has 1 saturated heterocycles. The summed E-state index contributed by atoms with van der Waals surface area (Å²) in [6.45, 7) is 3.10. The molecule has 0 saturated carbocycles. The van der Waals surface area contributed by atoms with Gasteiger partial charge in [-0.3, -0.25) is 0 Å². The maximum absolute atomic E-state index is 8.70. The number of hydrogen-bond donors (Lipinski definition) is 0. The van der Waals surface area contributed by atoms with Gasteiger partial charge in [0.25, 0.3) is 0 Å². The number of nitriles is 1. The minimum atomic E-state index is -0.187. The Morgan fingerprint density at radius 2 is 2.42 bits per heavy atom. The molecular weight excluding hydrogens is 166 g/mol. The molecular formula is C9H17NOSi. The summed E-state index contributed by atoms with van der Waals surface area (Å²) >= 11 is 0. The van der Waals surface area contributed by atoms with Gasteiger partial charge < -0.3 is 4.74 Å². The molecule has 1 aliphatic heterocycles. The van der Waals surface area contributed by atoms with E-state index in [4.69, 9.17) is 10.00 Å². The summed E-state index contributed by atoms with van der Waals surface area (Å²) < 4.78 is 5.79. The van der Waals surface area contributed by atoms with E-state index in [1.807, 2.05) is 0 Å². The molecule has 1 atom stereocenters. The predicted molar refractivity (Wildman–Crippen MR) is 51.8 cm³/mol. The van der Waals surface area contributed by atoms with Crippen LogP contribution in [0, 0.1) is 11.3 Å². The minimum Gasteiger partial charge on any atom is -0.378 e. The van der Waals surface area contributed by atoms with E-state index < -0.39 is 0 Å². The lowest BCUT2D eigenvalue weighted by Gasteiger charge is -2.35. The van der Waals surface area contributed by atoms with Crippen LogP contribution < -0.4 is 0 Å². The van der Waals surface area contributed by atoms with Crippen molar-refractivity contribution in [2.75, 3.05) is 6.61 Å². The fraction of sp³-hybridized carbons (Fsp3) is 0.889. The maximum atomic E-state index is 8.70. The first-order valence-electron chi connectivity index (χ1n) is 4.84. The van der Waals surface area contributed by atoms with Gasteiger partial charge in [0.05, 0.1) is 27.2 Å². The number of ether oxygens (including phenoxy) is 1. The van der Waals surface area contributed by atoms with Gasteiger partial charge in [-0.2, -0.15) is 5.26 Å². The van der Waals surface area contributed by atoms with Gasteiger partial charge in [-0.25, -0.2) is 0 Å². The Morgan fingerprint density at radius 3 is 2.92 bits per heavy atom. The topological polar surface area (TPSA) is 33.0 Å². The molecule has 0 radical (unpaired) electrons. The molecule has 68 valence electrons. The van der Waals surface area contributed by atoms with Crippen molar-refractivity contribution in [3.8, 4) is 6.07 Å². The molecule has 1 rings (SSSR count). The zero-order valence-corrected chi connectivity index (χ0v) is 9.22. The summed E-state index contributed by atoms with van der Waals surface area (Å²) in [4.78, 5) is 0. The molecule has 2 nitrogen and oxygen atoms in total. The van der Waals surface area contributed by atoms with Crippen molar-refractivity contribution in [3.05, 3.63) is 0 Å². The monoisotopic (exact) mass is 183 g/mol. The lowest BCUT2D eigenvalue weighted by molar-refractivity contribution is -0.0169. The van der Waals surface area contributed by atoms with Gasteiger partial charge in [0.2, 0.25) is 0 Å². The zero-order valence-electron chi connectivity index (χ0n) is 7.81. The van der Waals surface area contributed by atoms with E-state index in [9.17, 15) is 0 Å². The third-order valence-electron chi connectivity index (χ3n) is 2.54. The highest BCUT2D eigenvalue weighted by atomic mass is 28.2. The molecule has 1 fully saturated rings. The van der Waals surface area contributed by atoms with Gasteiger partial charge in [0.15, 0.2) is 0 Å². The Labute approximate surface area is 76.7 Å². The smallest absolute Gasteiger partial charge is 0.0648 e. The van der Waals surface area contributed by atoms with Crippen molar-refractivity contribution < 1.29 is 4.74 Å². The van der Waals surface area contributed by atoms with Crippen LogP contribution in [0.1, 0.15) is 32.6 Å². The van der Waals surface area contributed by atoms with Crippen LogP contribution in [-0.4, -0.2) is 21.4 Å². The first-order valence-corrected chi connectivity index (χ1v) is 6.54. The molecule has 0 aromatic rings. The second-order valence-corrected chi connectivity index (χ2v) is 6.36. The number of hydrogen-bond acceptors (Lipinski definition) is 2. The summed E-state index contributed by atoms with van der Waals surface area (Å²) in [6.07, 6.45) is 4.22. The molecule has 1 heterocycles. The van der Waals surface area contributed by atoms with Crippen molar-refractivity contribution in [2.24, 2.45) is 0 Å². The van der Waals surface area contributed by atoms with Crippen molar-refractivity contribution in [2.45, 2.75) is 43.9 Å². The highest BCUT2D eigenvalue weighted by Crippen LogP contribution is 2.27. The first-order chi connectivity index (χ1) is 5.83. The molecule has 0 bridgehead atoms. The van der Waals surface area contributed by atoms with Gasteiger partial charge in [0, 0.05) is 6.61 Å². The van der Waals surface area contributed by atoms with Crippen LogP contribution in [0.4, 0.5) is 0 Å². The molecule has 0 aromatic carbocycles. The lowest BCUT2D eigenvalue weighted by Crippen LogP contribution is -2.41. The third-order valence-corrected chi connectivity index (χ3v) is 4.76. The van der Waals surface area contributed by atoms with Gasteiger partial charge in [-0.05, 0) is 19.3 Å². The van der Waals surface area contributed by atoms with Crippen molar-refractivity contribution in [1.82, 2.24) is 0 Å². The van der Waals surface area contributed by atoms with Crippen LogP contribution in [-0.2, 0) is 4.74 Å².